The molecular weight excluding hydrogens is 402 g/mol. The summed E-state index contributed by atoms with van der Waals surface area (Å²) in [5.74, 6) is 0. The van der Waals surface area contributed by atoms with Gasteiger partial charge >= 0.3 is 0 Å². The highest BCUT2D eigenvalue weighted by molar-refractivity contribution is 5.33. The largest absolute Gasteiger partial charge is 0.234 e. The zero-order chi connectivity index (χ0) is 23.9. The molecule has 3 aromatic carbocycles. The van der Waals surface area contributed by atoms with E-state index in [1.165, 1.54) is 61.6 Å². The Morgan fingerprint density at radius 2 is 0.781 bits per heavy atom. The summed E-state index contributed by atoms with van der Waals surface area (Å²) in [5, 5.41) is 0. The van der Waals surface area contributed by atoms with E-state index >= 15 is 0 Å². The second kappa shape index (κ2) is 20.1. The zero-order valence-electron chi connectivity index (χ0n) is 18.6. The quantitative estimate of drug-likeness (QED) is 0.444. The van der Waals surface area contributed by atoms with Crippen molar-refractivity contribution in [2.75, 3.05) is 21.1 Å². The topological polar surface area (TPSA) is 88.3 Å². The van der Waals surface area contributed by atoms with Crippen LogP contribution in [-0.4, -0.2) is 39.4 Å². The van der Waals surface area contributed by atoms with Gasteiger partial charge in [-0.05, 0) is 35.1 Å². The van der Waals surface area contributed by atoms with E-state index in [0.717, 1.165) is 12.8 Å². The van der Waals surface area contributed by atoms with Crippen LogP contribution in [0.2, 0.25) is 0 Å². The first-order valence-corrected chi connectivity index (χ1v) is 9.68. The fourth-order valence-corrected chi connectivity index (χ4v) is 2.51. The fourth-order valence-electron chi connectivity index (χ4n) is 2.51. The molecule has 0 fully saturated rings. The van der Waals surface area contributed by atoms with Crippen LogP contribution in [0.25, 0.3) is 0 Å². The lowest BCUT2D eigenvalue weighted by Gasteiger charge is -2.06. The first kappa shape index (κ1) is 27.8. The van der Waals surface area contributed by atoms with Crippen LogP contribution < -0.4 is 0 Å². The van der Waals surface area contributed by atoms with Crippen LogP contribution in [0.4, 0.5) is 0 Å². The molecule has 164 valence electrons. The molecule has 3 rings (SSSR count). The normalized spacial score (nSPS) is 8.09. The van der Waals surface area contributed by atoms with Crippen molar-refractivity contribution in [2.45, 2.75) is 12.8 Å². The molecule has 6 nitrogen and oxygen atoms in total. The van der Waals surface area contributed by atoms with E-state index in [4.69, 9.17) is 14.4 Å². The zero-order valence-corrected chi connectivity index (χ0v) is 18.6. The highest BCUT2D eigenvalue weighted by atomic mass is 16.1. The van der Waals surface area contributed by atoms with Crippen molar-refractivity contribution in [1.82, 2.24) is 0 Å². The van der Waals surface area contributed by atoms with E-state index in [9.17, 15) is 0 Å². The minimum atomic E-state index is 1.00. The molecule has 0 spiro atoms. The predicted molar refractivity (Wildman–Crippen MR) is 127 cm³/mol. The third-order valence-electron chi connectivity index (χ3n) is 3.77. The standard InChI is InChI=1S/C20H18.3C2H3NO/c1-3-8-17(9-4-1)14-19-12-7-13-20(16-19)15-18-10-5-2-6-11-18;3*1-3-2-4/h1-13,16H,14-15H2;3*1H3. The summed E-state index contributed by atoms with van der Waals surface area (Å²) in [4.78, 5) is 35.4. The summed E-state index contributed by atoms with van der Waals surface area (Å²) in [5.41, 5.74) is 5.49. The maximum absolute atomic E-state index is 8.88. The van der Waals surface area contributed by atoms with E-state index in [-0.39, 0.29) is 0 Å². The molecule has 0 atom stereocenters. The molecule has 0 amide bonds. The molecule has 0 aliphatic rings. The Balaban J connectivity index is 0.000000668. The number of hydrogen-bond acceptors (Lipinski definition) is 6. The summed E-state index contributed by atoms with van der Waals surface area (Å²) in [6.45, 7) is 0. The first-order chi connectivity index (χ1) is 15.6. The SMILES string of the molecule is CN=C=O.CN=C=O.CN=C=O.c1ccc(Cc2cccc(Cc3ccccc3)c2)cc1. The van der Waals surface area contributed by atoms with Crippen molar-refractivity contribution in [1.29, 1.82) is 0 Å². The predicted octanol–water partition coefficient (Wildman–Crippen LogP) is 4.72. The Bertz CT molecular complexity index is 924. The molecule has 0 aromatic heterocycles. The lowest BCUT2D eigenvalue weighted by molar-refractivity contribution is 0.564. The Labute approximate surface area is 189 Å². The van der Waals surface area contributed by atoms with Crippen LogP contribution in [0.5, 0.6) is 0 Å². The van der Waals surface area contributed by atoms with Gasteiger partial charge in [0.1, 0.15) is 0 Å². The van der Waals surface area contributed by atoms with E-state index in [0.29, 0.717) is 0 Å². The summed E-state index contributed by atoms with van der Waals surface area (Å²) in [6.07, 6.45) is 5.92. The average molecular weight is 430 g/mol. The molecule has 0 saturated heterocycles. The van der Waals surface area contributed by atoms with Gasteiger partial charge in [-0.25, -0.2) is 29.4 Å². The first-order valence-electron chi connectivity index (χ1n) is 9.68. The van der Waals surface area contributed by atoms with E-state index in [2.05, 4.69) is 99.9 Å². The van der Waals surface area contributed by atoms with Gasteiger partial charge in [0.25, 0.3) is 0 Å². The lowest BCUT2D eigenvalue weighted by atomic mass is 9.99. The minimum Gasteiger partial charge on any atom is -0.211 e. The molecule has 6 heteroatoms. The van der Waals surface area contributed by atoms with Gasteiger partial charge in [-0.3, -0.25) is 0 Å². The van der Waals surface area contributed by atoms with E-state index in [1.54, 1.807) is 0 Å². The fraction of sp³-hybridized carbons (Fsp3) is 0.192. The van der Waals surface area contributed by atoms with Gasteiger partial charge in [-0.1, -0.05) is 84.9 Å². The molecule has 0 saturated carbocycles. The highest BCUT2D eigenvalue weighted by Gasteiger charge is 1.99. The molecule has 3 aromatic rings. The summed E-state index contributed by atoms with van der Waals surface area (Å²) in [7, 11) is 4.15. The average Bonchev–Trinajstić information content (AvgIpc) is 2.86. The van der Waals surface area contributed by atoms with Gasteiger partial charge in [0, 0.05) is 21.1 Å². The molecule has 0 aliphatic carbocycles. The number of benzene rings is 3. The van der Waals surface area contributed by atoms with Gasteiger partial charge in [0.05, 0.1) is 0 Å². The number of aliphatic imine (C=N–C) groups is 3. The summed E-state index contributed by atoms with van der Waals surface area (Å²) < 4.78 is 0. The molecule has 0 bridgehead atoms. The van der Waals surface area contributed by atoms with Crippen molar-refractivity contribution in [2.24, 2.45) is 15.0 Å². The number of carbonyl (C=O) groups excluding carboxylic acids is 3. The molecular formula is C26H27N3O3. The molecule has 0 aliphatic heterocycles. The van der Waals surface area contributed by atoms with Crippen molar-refractivity contribution in [3.05, 3.63) is 107 Å². The van der Waals surface area contributed by atoms with Crippen molar-refractivity contribution in [3.63, 3.8) is 0 Å². The number of nitrogens with zero attached hydrogens (tertiary/aromatic N) is 3. The molecule has 0 N–H and O–H groups in total. The molecule has 32 heavy (non-hydrogen) atoms. The summed E-state index contributed by atoms with van der Waals surface area (Å²) in [6, 6.07) is 30.2. The second-order valence-corrected chi connectivity index (χ2v) is 6.09. The Hall–Kier alpha value is -4.20. The van der Waals surface area contributed by atoms with Gasteiger partial charge in [0.2, 0.25) is 18.2 Å². The number of hydrogen-bond donors (Lipinski definition) is 0. The monoisotopic (exact) mass is 429 g/mol. The number of isocyanates is 3. The molecule has 0 radical (unpaired) electrons. The van der Waals surface area contributed by atoms with Crippen LogP contribution in [0.15, 0.2) is 99.9 Å². The van der Waals surface area contributed by atoms with Gasteiger partial charge in [-0.15, -0.1) is 0 Å². The third kappa shape index (κ3) is 14.7. The third-order valence-corrected chi connectivity index (χ3v) is 3.77. The van der Waals surface area contributed by atoms with E-state index < -0.39 is 0 Å². The maximum atomic E-state index is 8.88. The van der Waals surface area contributed by atoms with E-state index in [1.807, 2.05) is 0 Å². The Morgan fingerprint density at radius 1 is 0.500 bits per heavy atom. The maximum Gasteiger partial charge on any atom is 0.234 e. The van der Waals surface area contributed by atoms with Crippen molar-refractivity contribution in [3.8, 4) is 0 Å². The van der Waals surface area contributed by atoms with Crippen molar-refractivity contribution < 1.29 is 14.4 Å². The Kier molecular flexibility index (Phi) is 17.5. The lowest BCUT2D eigenvalue weighted by Crippen LogP contribution is -1.92. The molecule has 0 unspecified atom stereocenters. The Morgan fingerprint density at radius 3 is 1.06 bits per heavy atom. The van der Waals surface area contributed by atoms with Crippen LogP contribution in [-0.2, 0) is 27.2 Å². The second-order valence-electron chi connectivity index (χ2n) is 6.09. The van der Waals surface area contributed by atoms with Crippen LogP contribution >= 0.6 is 0 Å². The number of rotatable bonds is 4. The highest BCUT2D eigenvalue weighted by Crippen LogP contribution is 2.14. The molecule has 0 heterocycles. The van der Waals surface area contributed by atoms with Crippen molar-refractivity contribution >= 4 is 18.2 Å². The van der Waals surface area contributed by atoms with Crippen LogP contribution in [0.1, 0.15) is 22.3 Å². The van der Waals surface area contributed by atoms with Gasteiger partial charge in [0.15, 0.2) is 0 Å². The minimum absolute atomic E-state index is 1.00. The van der Waals surface area contributed by atoms with Gasteiger partial charge < -0.3 is 0 Å². The van der Waals surface area contributed by atoms with Crippen LogP contribution in [0.3, 0.4) is 0 Å². The van der Waals surface area contributed by atoms with Gasteiger partial charge in [-0.2, -0.15) is 0 Å². The van der Waals surface area contributed by atoms with Crippen LogP contribution in [0, 0.1) is 0 Å². The smallest absolute Gasteiger partial charge is 0.211 e. The summed E-state index contributed by atoms with van der Waals surface area (Å²) >= 11 is 0.